The Bertz CT molecular complexity index is 568. The van der Waals surface area contributed by atoms with Gasteiger partial charge >= 0.3 is 6.09 Å². The average molecular weight is 317 g/mol. The van der Waals surface area contributed by atoms with E-state index in [1.807, 2.05) is 49.9 Å². The van der Waals surface area contributed by atoms with Gasteiger partial charge in [0, 0.05) is 18.1 Å². The van der Waals surface area contributed by atoms with Crippen LogP contribution in [-0.2, 0) is 4.74 Å². The maximum atomic E-state index is 12.5. The Hall–Kier alpha value is -1.91. The molecule has 0 aliphatic carbocycles. The molecule has 0 radical (unpaired) electrons. The Morgan fingerprint density at radius 1 is 1.22 bits per heavy atom. The second-order valence-electron chi connectivity index (χ2n) is 7.67. The van der Waals surface area contributed by atoms with Crippen LogP contribution >= 0.6 is 0 Å². The highest BCUT2D eigenvalue weighted by molar-refractivity contribution is 5.70. The van der Waals surface area contributed by atoms with Gasteiger partial charge in [0.25, 0.3) is 0 Å². The van der Waals surface area contributed by atoms with Gasteiger partial charge in [-0.2, -0.15) is 0 Å². The fourth-order valence-electron chi connectivity index (χ4n) is 3.76. The summed E-state index contributed by atoms with van der Waals surface area (Å²) in [6.45, 7) is 5.75. The highest BCUT2D eigenvalue weighted by Crippen LogP contribution is 2.38. The third-order valence-electron chi connectivity index (χ3n) is 4.66. The largest absolute Gasteiger partial charge is 0.444 e. The van der Waals surface area contributed by atoms with Crippen molar-refractivity contribution in [1.82, 2.24) is 4.90 Å². The maximum absolute atomic E-state index is 12.5. The van der Waals surface area contributed by atoms with Crippen LogP contribution < -0.4 is 11.1 Å². The van der Waals surface area contributed by atoms with Gasteiger partial charge in [0.15, 0.2) is 0 Å². The van der Waals surface area contributed by atoms with E-state index in [0.29, 0.717) is 6.04 Å². The molecule has 2 atom stereocenters. The lowest BCUT2D eigenvalue weighted by atomic mass is 9.97. The number of para-hydroxylation sites is 2. The number of nitrogens with zero attached hydrogens (tertiary/aromatic N) is 1. The van der Waals surface area contributed by atoms with E-state index in [1.165, 1.54) is 0 Å². The molecule has 2 heterocycles. The summed E-state index contributed by atoms with van der Waals surface area (Å²) < 4.78 is 5.58. The molecule has 3 rings (SSSR count). The Morgan fingerprint density at radius 2 is 1.83 bits per heavy atom. The average Bonchev–Trinajstić information content (AvgIpc) is 2.72. The van der Waals surface area contributed by atoms with Crippen molar-refractivity contribution in [2.75, 3.05) is 11.1 Å². The molecule has 1 aromatic carbocycles. The molecule has 2 bridgehead atoms. The summed E-state index contributed by atoms with van der Waals surface area (Å²) in [7, 11) is 0. The first-order valence-corrected chi connectivity index (χ1v) is 8.46. The minimum atomic E-state index is -0.440. The SMILES string of the molecule is CC(C)(C)OC(=O)N1C2CCC1CC(Nc1ccccc1N)C2. The number of benzene rings is 1. The minimum absolute atomic E-state index is 0.164. The standard InChI is InChI=1S/C18H27N3O2/c1-18(2,3)23-17(22)21-13-8-9-14(21)11-12(10-13)20-16-7-5-4-6-15(16)19/h4-7,12-14,20H,8-11,19H2,1-3H3. The van der Waals surface area contributed by atoms with Crippen molar-refractivity contribution < 1.29 is 9.53 Å². The number of ether oxygens (including phenoxy) is 1. The summed E-state index contributed by atoms with van der Waals surface area (Å²) >= 11 is 0. The fraction of sp³-hybridized carbons (Fsp3) is 0.611. The van der Waals surface area contributed by atoms with Gasteiger partial charge < -0.3 is 20.7 Å². The smallest absolute Gasteiger partial charge is 0.410 e. The van der Waals surface area contributed by atoms with Crippen LogP contribution in [0.3, 0.4) is 0 Å². The molecule has 2 aliphatic heterocycles. The molecule has 2 fully saturated rings. The molecule has 0 spiro atoms. The summed E-state index contributed by atoms with van der Waals surface area (Å²) in [5, 5.41) is 3.55. The van der Waals surface area contributed by atoms with Gasteiger partial charge in [-0.1, -0.05) is 12.1 Å². The summed E-state index contributed by atoms with van der Waals surface area (Å²) in [6.07, 6.45) is 3.86. The summed E-state index contributed by atoms with van der Waals surface area (Å²) in [5.74, 6) is 0. The molecule has 2 aliphatic rings. The number of nitrogen functional groups attached to an aromatic ring is 1. The lowest BCUT2D eigenvalue weighted by molar-refractivity contribution is 0.00684. The first-order valence-electron chi connectivity index (χ1n) is 8.46. The van der Waals surface area contributed by atoms with Gasteiger partial charge in [-0.15, -0.1) is 0 Å². The number of nitrogens with one attached hydrogen (secondary N) is 1. The molecule has 1 aromatic rings. The highest BCUT2D eigenvalue weighted by atomic mass is 16.6. The van der Waals surface area contributed by atoms with Crippen LogP contribution in [0.15, 0.2) is 24.3 Å². The number of hydrogen-bond donors (Lipinski definition) is 2. The number of anilines is 2. The fourth-order valence-corrected chi connectivity index (χ4v) is 3.76. The number of nitrogens with two attached hydrogens (primary N) is 1. The Labute approximate surface area is 138 Å². The zero-order valence-corrected chi connectivity index (χ0v) is 14.2. The topological polar surface area (TPSA) is 67.6 Å². The predicted octanol–water partition coefficient (Wildman–Crippen LogP) is 3.61. The lowest BCUT2D eigenvalue weighted by Crippen LogP contribution is -2.51. The van der Waals surface area contributed by atoms with Crippen LogP contribution in [-0.4, -0.2) is 34.7 Å². The number of hydrogen-bond acceptors (Lipinski definition) is 4. The van der Waals surface area contributed by atoms with Crippen LogP contribution in [0.5, 0.6) is 0 Å². The Morgan fingerprint density at radius 3 is 2.39 bits per heavy atom. The molecule has 126 valence electrons. The number of carbonyl (C=O) groups excluding carboxylic acids is 1. The minimum Gasteiger partial charge on any atom is -0.444 e. The second-order valence-corrected chi connectivity index (χ2v) is 7.67. The highest BCUT2D eigenvalue weighted by Gasteiger charge is 2.44. The quantitative estimate of drug-likeness (QED) is 0.818. The molecule has 23 heavy (non-hydrogen) atoms. The lowest BCUT2D eigenvalue weighted by Gasteiger charge is -2.40. The molecule has 0 aromatic heterocycles. The maximum Gasteiger partial charge on any atom is 0.410 e. The van der Waals surface area contributed by atoms with Gasteiger partial charge in [-0.05, 0) is 58.6 Å². The molecule has 5 heteroatoms. The van der Waals surface area contributed by atoms with Crippen molar-refractivity contribution in [2.45, 2.75) is 70.2 Å². The predicted molar refractivity (Wildman–Crippen MR) is 92.4 cm³/mol. The van der Waals surface area contributed by atoms with E-state index in [-0.39, 0.29) is 18.2 Å². The molecular formula is C18H27N3O2. The van der Waals surface area contributed by atoms with E-state index in [1.54, 1.807) is 0 Å². The third-order valence-corrected chi connectivity index (χ3v) is 4.66. The van der Waals surface area contributed by atoms with Crippen LogP contribution in [0.25, 0.3) is 0 Å². The molecule has 0 saturated carbocycles. The summed E-state index contributed by atoms with van der Waals surface area (Å²) in [4.78, 5) is 14.4. The van der Waals surface area contributed by atoms with Crippen LogP contribution in [0.2, 0.25) is 0 Å². The second kappa shape index (κ2) is 5.95. The van der Waals surface area contributed by atoms with Crippen molar-refractivity contribution >= 4 is 17.5 Å². The molecule has 3 N–H and O–H groups in total. The first kappa shape index (κ1) is 16.0. The summed E-state index contributed by atoms with van der Waals surface area (Å²) in [5.41, 5.74) is 7.34. The van der Waals surface area contributed by atoms with E-state index in [9.17, 15) is 4.79 Å². The molecule has 5 nitrogen and oxygen atoms in total. The van der Waals surface area contributed by atoms with Gasteiger partial charge in [0.1, 0.15) is 5.60 Å². The first-order chi connectivity index (χ1) is 10.8. The number of fused-ring (bicyclic) bond motifs is 2. The van der Waals surface area contributed by atoms with Crippen molar-refractivity contribution in [3.8, 4) is 0 Å². The van der Waals surface area contributed by atoms with Crippen molar-refractivity contribution in [1.29, 1.82) is 0 Å². The molecule has 2 saturated heterocycles. The Kier molecular flexibility index (Phi) is 4.13. The van der Waals surface area contributed by atoms with Crippen molar-refractivity contribution in [2.24, 2.45) is 0 Å². The molecule has 1 amide bonds. The van der Waals surface area contributed by atoms with E-state index >= 15 is 0 Å². The van der Waals surface area contributed by atoms with E-state index in [2.05, 4.69) is 5.32 Å². The number of rotatable bonds is 2. The monoisotopic (exact) mass is 317 g/mol. The molecular weight excluding hydrogens is 290 g/mol. The number of amides is 1. The van der Waals surface area contributed by atoms with E-state index in [4.69, 9.17) is 10.5 Å². The van der Waals surface area contributed by atoms with Crippen molar-refractivity contribution in [3.63, 3.8) is 0 Å². The van der Waals surface area contributed by atoms with Gasteiger partial charge in [-0.3, -0.25) is 0 Å². The van der Waals surface area contributed by atoms with Gasteiger partial charge in [-0.25, -0.2) is 4.79 Å². The van der Waals surface area contributed by atoms with Crippen LogP contribution in [0, 0.1) is 0 Å². The normalized spacial score (nSPS) is 26.9. The Balaban J connectivity index is 1.65. The van der Waals surface area contributed by atoms with Gasteiger partial charge in [0.05, 0.1) is 11.4 Å². The van der Waals surface area contributed by atoms with E-state index in [0.717, 1.165) is 37.1 Å². The van der Waals surface area contributed by atoms with Crippen LogP contribution in [0.4, 0.5) is 16.2 Å². The zero-order chi connectivity index (χ0) is 16.6. The molecule has 2 unspecified atom stereocenters. The van der Waals surface area contributed by atoms with Gasteiger partial charge in [0.2, 0.25) is 0 Å². The zero-order valence-electron chi connectivity index (χ0n) is 14.2. The number of piperidine rings is 1. The third kappa shape index (κ3) is 3.54. The summed E-state index contributed by atoms with van der Waals surface area (Å²) in [6, 6.07) is 8.75. The number of carbonyl (C=O) groups is 1. The van der Waals surface area contributed by atoms with E-state index < -0.39 is 5.60 Å². The van der Waals surface area contributed by atoms with Crippen molar-refractivity contribution in [3.05, 3.63) is 24.3 Å². The van der Waals surface area contributed by atoms with Crippen LogP contribution in [0.1, 0.15) is 46.5 Å².